The molecule has 1 aliphatic rings. The molecule has 0 aromatic carbocycles. The molecule has 1 aliphatic carbocycles. The van der Waals surface area contributed by atoms with Crippen LogP contribution in [0.3, 0.4) is 0 Å². The Morgan fingerprint density at radius 3 is 1.76 bits per heavy atom. The molecule has 2 N–H and O–H groups in total. The van der Waals surface area contributed by atoms with Gasteiger partial charge in [0.25, 0.3) is 0 Å². The molecule has 1 saturated carbocycles. The van der Waals surface area contributed by atoms with Crippen molar-refractivity contribution in [3.05, 3.63) is 48.0 Å². The summed E-state index contributed by atoms with van der Waals surface area (Å²) in [6.07, 6.45) is 6.52. The molecule has 0 radical (unpaired) electrons. The zero-order valence-corrected chi connectivity index (χ0v) is 26.2. The number of pyridine rings is 2. The van der Waals surface area contributed by atoms with Crippen LogP contribution in [0.2, 0.25) is 0 Å². The standard InChI is InChI=1S/C32H44N4O6/c1-29(2,3)25(37)21-16-33-12-10-23(21)41-27(39)35-19-32(9)15-20(14-31(7,8)18-32)36-28(40)42-24-11-13-34-17-22(24)26(38)30(4,5)6/h10-13,16-17,20H,14-15,18-19H2,1-9H3,(H,35,39)(H,36,40). The quantitative estimate of drug-likeness (QED) is 0.359. The van der Waals surface area contributed by atoms with Gasteiger partial charge in [-0.05, 0) is 30.1 Å². The van der Waals surface area contributed by atoms with Crippen LogP contribution in [0, 0.1) is 21.7 Å². The minimum absolute atomic E-state index is 0.141. The SMILES string of the molecule is CC1(C)CC(NC(=O)Oc2ccncc2C(=O)C(C)(C)C)CC(C)(CNC(=O)Oc2ccncc2C(=O)C(C)(C)C)C1. The summed E-state index contributed by atoms with van der Waals surface area (Å²) in [5, 5.41) is 5.81. The summed E-state index contributed by atoms with van der Waals surface area (Å²) in [5.74, 6) is -0.0457. The van der Waals surface area contributed by atoms with Crippen molar-refractivity contribution < 1.29 is 28.7 Å². The third kappa shape index (κ3) is 8.59. The molecule has 42 heavy (non-hydrogen) atoms. The smallest absolute Gasteiger partial charge is 0.409 e. The van der Waals surface area contributed by atoms with Crippen LogP contribution in [0.15, 0.2) is 36.9 Å². The molecular formula is C32H44N4O6. The van der Waals surface area contributed by atoms with Crippen LogP contribution in [0.4, 0.5) is 9.59 Å². The van der Waals surface area contributed by atoms with Gasteiger partial charge in [-0.15, -0.1) is 0 Å². The van der Waals surface area contributed by atoms with E-state index < -0.39 is 23.0 Å². The molecule has 228 valence electrons. The maximum atomic E-state index is 13.0. The minimum Gasteiger partial charge on any atom is -0.409 e. The number of amides is 2. The molecule has 0 spiro atoms. The molecule has 0 saturated heterocycles. The lowest BCUT2D eigenvalue weighted by molar-refractivity contribution is 0.0699. The van der Waals surface area contributed by atoms with Crippen molar-refractivity contribution in [2.75, 3.05) is 6.54 Å². The maximum Gasteiger partial charge on any atom is 0.412 e. The average Bonchev–Trinajstić information content (AvgIpc) is 2.85. The number of aromatic nitrogens is 2. The van der Waals surface area contributed by atoms with Crippen LogP contribution < -0.4 is 20.1 Å². The monoisotopic (exact) mass is 580 g/mol. The van der Waals surface area contributed by atoms with Gasteiger partial charge in [0.15, 0.2) is 11.6 Å². The molecule has 10 nitrogen and oxygen atoms in total. The van der Waals surface area contributed by atoms with Gasteiger partial charge in [-0.1, -0.05) is 62.3 Å². The molecular weight excluding hydrogens is 536 g/mol. The van der Waals surface area contributed by atoms with E-state index >= 15 is 0 Å². The fourth-order valence-electron chi connectivity index (χ4n) is 5.68. The number of rotatable bonds is 7. The van der Waals surface area contributed by atoms with Gasteiger partial charge in [0.2, 0.25) is 0 Å². The Morgan fingerprint density at radius 2 is 1.29 bits per heavy atom. The first-order chi connectivity index (χ1) is 19.3. The zero-order valence-electron chi connectivity index (χ0n) is 26.2. The Labute approximate surface area is 248 Å². The van der Waals surface area contributed by atoms with E-state index in [1.54, 1.807) is 41.5 Å². The summed E-state index contributed by atoms with van der Waals surface area (Å²) in [5.41, 5.74) is -1.35. The maximum absolute atomic E-state index is 13.0. The average molecular weight is 581 g/mol. The Morgan fingerprint density at radius 1 is 0.810 bits per heavy atom. The third-order valence-electron chi connectivity index (χ3n) is 7.24. The molecule has 2 atom stereocenters. The van der Waals surface area contributed by atoms with Crippen LogP contribution in [0.1, 0.15) is 102 Å². The molecule has 2 aromatic rings. The summed E-state index contributed by atoms with van der Waals surface area (Å²) in [4.78, 5) is 59.5. The molecule has 0 bridgehead atoms. The van der Waals surface area contributed by atoms with Gasteiger partial charge in [-0.25, -0.2) is 9.59 Å². The van der Waals surface area contributed by atoms with E-state index in [9.17, 15) is 19.2 Å². The Bertz CT molecular complexity index is 1340. The lowest BCUT2D eigenvalue weighted by Gasteiger charge is -2.46. The van der Waals surface area contributed by atoms with Gasteiger partial charge in [0, 0.05) is 60.3 Å². The normalized spacial score (nSPS) is 20.3. The number of hydrogen-bond donors (Lipinski definition) is 2. The van der Waals surface area contributed by atoms with Gasteiger partial charge in [-0.3, -0.25) is 19.6 Å². The molecule has 2 aromatic heterocycles. The number of Topliss-reactive ketones (excluding diaryl/α,β-unsaturated/α-hetero) is 2. The van der Waals surface area contributed by atoms with Gasteiger partial charge < -0.3 is 20.1 Å². The number of carbonyl (C=O) groups is 4. The Kier molecular flexibility index (Phi) is 9.49. The predicted molar refractivity (Wildman–Crippen MR) is 159 cm³/mol. The van der Waals surface area contributed by atoms with Crippen molar-refractivity contribution in [3.8, 4) is 11.5 Å². The number of nitrogens with zero attached hydrogens (tertiary/aromatic N) is 2. The van der Waals surface area contributed by atoms with Crippen molar-refractivity contribution in [3.63, 3.8) is 0 Å². The molecule has 2 heterocycles. The van der Waals surface area contributed by atoms with E-state index in [0.717, 1.165) is 6.42 Å². The van der Waals surface area contributed by atoms with E-state index in [1.807, 2.05) is 0 Å². The molecule has 10 heteroatoms. The fraction of sp³-hybridized carbons (Fsp3) is 0.562. The first-order valence-electron chi connectivity index (χ1n) is 14.2. The van der Waals surface area contributed by atoms with Gasteiger partial charge in [-0.2, -0.15) is 0 Å². The highest BCUT2D eigenvalue weighted by molar-refractivity contribution is 6.03. The zero-order chi connectivity index (χ0) is 31.5. The van der Waals surface area contributed by atoms with Crippen molar-refractivity contribution in [2.45, 2.75) is 87.6 Å². The third-order valence-corrected chi connectivity index (χ3v) is 7.24. The second kappa shape index (κ2) is 12.2. The Balaban J connectivity index is 1.66. The second-order valence-corrected chi connectivity index (χ2v) is 14.4. The molecule has 2 amide bonds. The van der Waals surface area contributed by atoms with E-state index in [4.69, 9.17) is 9.47 Å². The largest absolute Gasteiger partial charge is 0.412 e. The van der Waals surface area contributed by atoms with Crippen molar-refractivity contribution >= 4 is 23.8 Å². The first kappa shape index (κ1) is 32.7. The van der Waals surface area contributed by atoms with Crippen molar-refractivity contribution in [1.82, 2.24) is 20.6 Å². The second-order valence-electron chi connectivity index (χ2n) is 14.4. The van der Waals surface area contributed by atoms with E-state index in [2.05, 4.69) is 41.4 Å². The number of ketones is 2. The van der Waals surface area contributed by atoms with Gasteiger partial charge in [0.05, 0.1) is 11.1 Å². The number of ether oxygens (including phenoxy) is 2. The lowest BCUT2D eigenvalue weighted by Crippen LogP contribution is -2.51. The van der Waals surface area contributed by atoms with Gasteiger partial charge in [0.1, 0.15) is 11.5 Å². The van der Waals surface area contributed by atoms with Crippen LogP contribution in [0.25, 0.3) is 0 Å². The van der Waals surface area contributed by atoms with Crippen molar-refractivity contribution in [2.24, 2.45) is 21.7 Å². The number of nitrogens with one attached hydrogen (secondary N) is 2. The Hall–Kier alpha value is -3.82. The summed E-state index contributed by atoms with van der Waals surface area (Å²) in [6, 6.07) is 2.77. The van der Waals surface area contributed by atoms with E-state index in [1.165, 1.54) is 36.9 Å². The fourth-order valence-corrected chi connectivity index (χ4v) is 5.68. The summed E-state index contributed by atoms with van der Waals surface area (Å²) < 4.78 is 11.1. The van der Waals surface area contributed by atoms with Crippen LogP contribution in [-0.2, 0) is 0 Å². The molecule has 1 fully saturated rings. The topological polar surface area (TPSA) is 137 Å². The van der Waals surface area contributed by atoms with E-state index in [0.29, 0.717) is 19.4 Å². The van der Waals surface area contributed by atoms with Crippen LogP contribution in [-0.4, -0.2) is 46.3 Å². The highest BCUT2D eigenvalue weighted by atomic mass is 16.6. The summed E-state index contributed by atoms with van der Waals surface area (Å²) in [6.45, 7) is 17.3. The number of hydrogen-bond acceptors (Lipinski definition) is 8. The first-order valence-corrected chi connectivity index (χ1v) is 14.2. The molecule has 3 rings (SSSR count). The predicted octanol–water partition coefficient (Wildman–Crippen LogP) is 6.40. The summed E-state index contributed by atoms with van der Waals surface area (Å²) >= 11 is 0. The molecule has 2 unspecified atom stereocenters. The highest BCUT2D eigenvalue weighted by Crippen LogP contribution is 2.46. The number of carbonyl (C=O) groups excluding carboxylic acids is 4. The lowest BCUT2D eigenvalue weighted by atomic mass is 9.62. The van der Waals surface area contributed by atoms with Crippen LogP contribution in [0.5, 0.6) is 11.5 Å². The van der Waals surface area contributed by atoms with Crippen LogP contribution >= 0.6 is 0 Å². The summed E-state index contributed by atoms with van der Waals surface area (Å²) in [7, 11) is 0. The van der Waals surface area contributed by atoms with Gasteiger partial charge >= 0.3 is 12.2 Å². The minimum atomic E-state index is -0.675. The molecule has 0 aliphatic heterocycles. The van der Waals surface area contributed by atoms with E-state index in [-0.39, 0.29) is 51.1 Å². The van der Waals surface area contributed by atoms with Crippen molar-refractivity contribution in [1.29, 1.82) is 0 Å². The highest BCUT2D eigenvalue weighted by Gasteiger charge is 2.42.